The van der Waals surface area contributed by atoms with Crippen LogP contribution in [0.25, 0.3) is 10.6 Å². The Balaban J connectivity index is 2.26. The summed E-state index contributed by atoms with van der Waals surface area (Å²) in [4.78, 5) is 15.7. The molecule has 0 aliphatic rings. The summed E-state index contributed by atoms with van der Waals surface area (Å²) in [5.41, 5.74) is 0.574. The Kier molecular flexibility index (Phi) is 4.09. The second-order valence-corrected chi connectivity index (χ2v) is 5.78. The number of thiazole rings is 1. The molecule has 1 aromatic carbocycles. The molecule has 0 radical (unpaired) electrons. The molecule has 5 heteroatoms. The molecule has 0 aliphatic carbocycles. The second-order valence-electron chi connectivity index (χ2n) is 4.93. The van der Waals surface area contributed by atoms with E-state index in [0.29, 0.717) is 12.3 Å². The van der Waals surface area contributed by atoms with Crippen LogP contribution in [0.3, 0.4) is 0 Å². The molecule has 106 valence electrons. The number of hydrogen-bond acceptors (Lipinski definition) is 4. The summed E-state index contributed by atoms with van der Waals surface area (Å²) in [6.45, 7) is 5.89. The minimum atomic E-state index is -0.972. The Morgan fingerprint density at radius 2 is 2.00 bits per heavy atom. The van der Waals surface area contributed by atoms with Crippen molar-refractivity contribution in [3.63, 3.8) is 0 Å². The molecule has 2 aromatic rings. The highest BCUT2D eigenvalue weighted by Crippen LogP contribution is 2.31. The Labute approximate surface area is 122 Å². The number of carboxylic acid groups (broad SMARTS) is 1. The molecule has 0 fully saturated rings. The van der Waals surface area contributed by atoms with Crippen molar-refractivity contribution in [2.24, 2.45) is 0 Å². The first-order chi connectivity index (χ1) is 9.45. The Bertz CT molecular complexity index is 602. The predicted molar refractivity (Wildman–Crippen MR) is 79.4 cm³/mol. The molecular weight excluding hydrogens is 274 g/mol. The standard InChI is InChI=1S/C15H17NO3S/c1-4-19-11-7-5-10(6-8-11)13-16-12(9-20-13)15(2,3)14(17)18/h5-9H,4H2,1-3H3,(H,17,18). The second kappa shape index (κ2) is 5.63. The number of rotatable bonds is 5. The molecule has 2 rings (SSSR count). The van der Waals surface area contributed by atoms with Gasteiger partial charge in [0.1, 0.15) is 16.2 Å². The maximum Gasteiger partial charge on any atom is 0.315 e. The minimum Gasteiger partial charge on any atom is -0.494 e. The molecule has 0 amide bonds. The van der Waals surface area contributed by atoms with Crippen LogP contribution in [0.15, 0.2) is 29.6 Å². The lowest BCUT2D eigenvalue weighted by Gasteiger charge is -2.15. The summed E-state index contributed by atoms with van der Waals surface area (Å²) in [5.74, 6) is -0.0556. The van der Waals surface area contributed by atoms with Gasteiger partial charge in [-0.2, -0.15) is 0 Å². The number of carbonyl (C=O) groups is 1. The van der Waals surface area contributed by atoms with Crippen LogP contribution < -0.4 is 4.74 Å². The zero-order valence-corrected chi connectivity index (χ0v) is 12.5. The summed E-state index contributed by atoms with van der Waals surface area (Å²) >= 11 is 1.45. The lowest BCUT2D eigenvalue weighted by atomic mass is 9.90. The summed E-state index contributed by atoms with van der Waals surface area (Å²) in [6.07, 6.45) is 0. The predicted octanol–water partition coefficient (Wildman–Crippen LogP) is 3.57. The molecule has 0 saturated carbocycles. The van der Waals surface area contributed by atoms with Crippen molar-refractivity contribution in [2.45, 2.75) is 26.2 Å². The normalized spacial score (nSPS) is 11.3. The quantitative estimate of drug-likeness (QED) is 0.915. The van der Waals surface area contributed by atoms with Crippen molar-refractivity contribution in [3.05, 3.63) is 35.3 Å². The van der Waals surface area contributed by atoms with Crippen LogP contribution in [0.2, 0.25) is 0 Å². The van der Waals surface area contributed by atoms with Gasteiger partial charge >= 0.3 is 5.97 Å². The molecule has 0 unspecified atom stereocenters. The van der Waals surface area contributed by atoms with E-state index in [1.807, 2.05) is 31.2 Å². The van der Waals surface area contributed by atoms with E-state index in [0.717, 1.165) is 16.3 Å². The number of benzene rings is 1. The Hall–Kier alpha value is -1.88. The van der Waals surface area contributed by atoms with Crippen LogP contribution >= 0.6 is 11.3 Å². The summed E-state index contributed by atoms with van der Waals surface area (Å²) < 4.78 is 5.39. The van der Waals surface area contributed by atoms with Gasteiger partial charge in [-0.3, -0.25) is 4.79 Å². The van der Waals surface area contributed by atoms with E-state index in [1.54, 1.807) is 19.2 Å². The van der Waals surface area contributed by atoms with Crippen molar-refractivity contribution in [2.75, 3.05) is 6.61 Å². The first-order valence-corrected chi connectivity index (χ1v) is 7.25. The van der Waals surface area contributed by atoms with Crippen LogP contribution in [0, 0.1) is 0 Å². The lowest BCUT2D eigenvalue weighted by molar-refractivity contribution is -0.142. The van der Waals surface area contributed by atoms with E-state index in [-0.39, 0.29) is 0 Å². The fourth-order valence-corrected chi connectivity index (χ4v) is 2.66. The summed E-state index contributed by atoms with van der Waals surface area (Å²) in [7, 11) is 0. The molecule has 0 bridgehead atoms. The van der Waals surface area contributed by atoms with Gasteiger partial charge in [-0.1, -0.05) is 0 Å². The highest BCUT2D eigenvalue weighted by atomic mass is 32.1. The van der Waals surface area contributed by atoms with E-state index in [1.165, 1.54) is 11.3 Å². The number of aromatic nitrogens is 1. The topological polar surface area (TPSA) is 59.4 Å². The molecule has 0 spiro atoms. The first-order valence-electron chi connectivity index (χ1n) is 6.37. The first kappa shape index (κ1) is 14.5. The number of hydrogen-bond donors (Lipinski definition) is 1. The average Bonchev–Trinajstić information content (AvgIpc) is 2.90. The van der Waals surface area contributed by atoms with Gasteiger partial charge in [0, 0.05) is 10.9 Å². The van der Waals surface area contributed by atoms with E-state index in [9.17, 15) is 9.90 Å². The van der Waals surface area contributed by atoms with E-state index in [2.05, 4.69) is 4.98 Å². The SMILES string of the molecule is CCOc1ccc(-c2nc(C(C)(C)C(=O)O)cs2)cc1. The number of nitrogens with zero attached hydrogens (tertiary/aromatic N) is 1. The van der Waals surface area contributed by atoms with Crippen molar-refractivity contribution in [1.82, 2.24) is 4.98 Å². The third kappa shape index (κ3) is 2.82. The lowest BCUT2D eigenvalue weighted by Crippen LogP contribution is -2.28. The van der Waals surface area contributed by atoms with E-state index in [4.69, 9.17) is 4.74 Å². The average molecular weight is 291 g/mol. The van der Waals surface area contributed by atoms with Crippen molar-refractivity contribution in [3.8, 4) is 16.3 Å². The van der Waals surface area contributed by atoms with E-state index >= 15 is 0 Å². The number of carboxylic acids is 1. The fraction of sp³-hybridized carbons (Fsp3) is 0.333. The molecule has 0 atom stereocenters. The smallest absolute Gasteiger partial charge is 0.315 e. The van der Waals surface area contributed by atoms with Crippen molar-refractivity contribution in [1.29, 1.82) is 0 Å². The molecule has 1 aromatic heterocycles. The maximum atomic E-state index is 11.2. The molecule has 20 heavy (non-hydrogen) atoms. The van der Waals surface area contributed by atoms with Gasteiger partial charge in [-0.15, -0.1) is 11.3 Å². The molecule has 1 heterocycles. The summed E-state index contributed by atoms with van der Waals surface area (Å²) in [5, 5.41) is 11.8. The van der Waals surface area contributed by atoms with Gasteiger partial charge in [0.25, 0.3) is 0 Å². The zero-order chi connectivity index (χ0) is 14.8. The van der Waals surface area contributed by atoms with Crippen molar-refractivity contribution < 1.29 is 14.6 Å². The highest BCUT2D eigenvalue weighted by molar-refractivity contribution is 7.13. The van der Waals surface area contributed by atoms with Crippen LogP contribution in [0.1, 0.15) is 26.5 Å². The van der Waals surface area contributed by atoms with Gasteiger partial charge in [-0.25, -0.2) is 4.98 Å². The third-order valence-electron chi connectivity index (χ3n) is 3.09. The Morgan fingerprint density at radius 1 is 1.35 bits per heavy atom. The van der Waals surface area contributed by atoms with Crippen molar-refractivity contribution >= 4 is 17.3 Å². The van der Waals surface area contributed by atoms with Crippen LogP contribution in [0.4, 0.5) is 0 Å². The minimum absolute atomic E-state index is 0.582. The zero-order valence-electron chi connectivity index (χ0n) is 11.7. The van der Waals surface area contributed by atoms with Gasteiger partial charge in [0.2, 0.25) is 0 Å². The summed E-state index contributed by atoms with van der Waals surface area (Å²) in [6, 6.07) is 7.65. The van der Waals surface area contributed by atoms with Crippen LogP contribution in [0.5, 0.6) is 5.75 Å². The highest BCUT2D eigenvalue weighted by Gasteiger charge is 2.32. The monoisotopic (exact) mass is 291 g/mol. The van der Waals surface area contributed by atoms with Gasteiger partial charge in [0.15, 0.2) is 0 Å². The molecular formula is C15H17NO3S. The molecule has 1 N–H and O–H groups in total. The Morgan fingerprint density at radius 3 is 2.55 bits per heavy atom. The number of ether oxygens (including phenoxy) is 1. The van der Waals surface area contributed by atoms with Crippen LogP contribution in [-0.2, 0) is 10.2 Å². The van der Waals surface area contributed by atoms with Gasteiger partial charge < -0.3 is 9.84 Å². The van der Waals surface area contributed by atoms with Crippen LogP contribution in [-0.4, -0.2) is 22.7 Å². The molecule has 4 nitrogen and oxygen atoms in total. The maximum absolute atomic E-state index is 11.2. The van der Waals surface area contributed by atoms with Gasteiger partial charge in [0.05, 0.1) is 12.3 Å². The van der Waals surface area contributed by atoms with E-state index < -0.39 is 11.4 Å². The molecule has 0 saturated heterocycles. The fourth-order valence-electron chi connectivity index (χ4n) is 1.66. The number of aliphatic carboxylic acids is 1. The molecule has 0 aliphatic heterocycles. The van der Waals surface area contributed by atoms with Gasteiger partial charge in [-0.05, 0) is 45.0 Å². The largest absolute Gasteiger partial charge is 0.494 e. The third-order valence-corrected chi connectivity index (χ3v) is 3.98.